The van der Waals surface area contributed by atoms with E-state index in [2.05, 4.69) is 15.0 Å². The third kappa shape index (κ3) is 5.00. The highest BCUT2D eigenvalue weighted by Crippen LogP contribution is 2.31. The predicted molar refractivity (Wildman–Crippen MR) is 107 cm³/mol. The second-order valence-corrected chi connectivity index (χ2v) is 8.22. The van der Waals surface area contributed by atoms with Crippen LogP contribution in [0.4, 0.5) is 13.6 Å². The van der Waals surface area contributed by atoms with Crippen molar-refractivity contribution in [3.8, 4) is 5.75 Å². The second-order valence-electron chi connectivity index (χ2n) is 8.22. The molecule has 0 aromatic heterocycles. The third-order valence-corrected chi connectivity index (χ3v) is 6.11. The van der Waals surface area contributed by atoms with Gasteiger partial charge in [-0.2, -0.15) is 8.78 Å². The molecule has 7 nitrogen and oxygen atoms in total. The first kappa shape index (κ1) is 20.8. The van der Waals surface area contributed by atoms with Crippen LogP contribution in [0.3, 0.4) is 0 Å². The Hall–Kier alpha value is -2.42. The maximum Gasteiger partial charge on any atom is 0.387 e. The van der Waals surface area contributed by atoms with Crippen molar-refractivity contribution in [3.05, 3.63) is 29.8 Å². The first-order valence-corrected chi connectivity index (χ1v) is 10.6. The Labute approximate surface area is 174 Å². The summed E-state index contributed by atoms with van der Waals surface area (Å²) in [6, 6.07) is 6.66. The smallest absolute Gasteiger partial charge is 0.387 e. The van der Waals surface area contributed by atoms with Crippen molar-refractivity contribution in [2.45, 2.75) is 31.9 Å². The van der Waals surface area contributed by atoms with Crippen molar-refractivity contribution >= 4 is 11.9 Å². The standard InChI is InChI=1S/C21H28F2N4O3/c22-20(23)30-18-4-2-1-3-17(18)19(28)25-9-11-26(12-10-25)21(29)24-13-15-7-8-27(14-15)16-5-6-16/h1-4,15-16,20H,5-14H2,(H,24,29). The van der Waals surface area contributed by atoms with Crippen molar-refractivity contribution < 1.29 is 23.1 Å². The van der Waals surface area contributed by atoms with Gasteiger partial charge in [0.1, 0.15) is 5.75 Å². The fourth-order valence-electron chi connectivity index (χ4n) is 4.27. The van der Waals surface area contributed by atoms with Gasteiger partial charge in [-0.15, -0.1) is 0 Å². The topological polar surface area (TPSA) is 65.1 Å². The van der Waals surface area contributed by atoms with E-state index in [-0.39, 0.29) is 23.3 Å². The van der Waals surface area contributed by atoms with Crippen LogP contribution >= 0.6 is 0 Å². The minimum atomic E-state index is -2.99. The lowest BCUT2D eigenvalue weighted by Crippen LogP contribution is -2.53. The highest BCUT2D eigenvalue weighted by atomic mass is 19.3. The summed E-state index contributed by atoms with van der Waals surface area (Å²) in [4.78, 5) is 31.0. The Balaban J connectivity index is 1.23. The lowest BCUT2D eigenvalue weighted by atomic mass is 10.1. The Morgan fingerprint density at radius 2 is 1.73 bits per heavy atom. The van der Waals surface area contributed by atoms with Gasteiger partial charge >= 0.3 is 12.6 Å². The molecule has 3 aliphatic rings. The largest absolute Gasteiger partial charge is 0.434 e. The molecule has 9 heteroatoms. The van der Waals surface area contributed by atoms with Gasteiger partial charge in [0.05, 0.1) is 5.56 Å². The average molecular weight is 422 g/mol. The van der Waals surface area contributed by atoms with Gasteiger partial charge in [0, 0.05) is 45.3 Å². The van der Waals surface area contributed by atoms with Gasteiger partial charge in [-0.1, -0.05) is 12.1 Å². The zero-order valence-corrected chi connectivity index (χ0v) is 16.9. The van der Waals surface area contributed by atoms with Gasteiger partial charge in [0.2, 0.25) is 0 Å². The monoisotopic (exact) mass is 422 g/mol. The molecule has 164 valence electrons. The number of ether oxygens (including phenoxy) is 1. The van der Waals surface area contributed by atoms with E-state index in [9.17, 15) is 18.4 Å². The van der Waals surface area contributed by atoms with Crippen molar-refractivity contribution in [2.24, 2.45) is 5.92 Å². The Morgan fingerprint density at radius 3 is 2.43 bits per heavy atom. The highest BCUT2D eigenvalue weighted by Gasteiger charge is 2.34. The Morgan fingerprint density at radius 1 is 1.03 bits per heavy atom. The van der Waals surface area contributed by atoms with Crippen LogP contribution < -0.4 is 10.1 Å². The van der Waals surface area contributed by atoms with Gasteiger partial charge in [0.15, 0.2) is 0 Å². The Bertz CT molecular complexity index is 766. The molecule has 0 radical (unpaired) electrons. The van der Waals surface area contributed by atoms with E-state index in [0.29, 0.717) is 38.6 Å². The summed E-state index contributed by atoms with van der Waals surface area (Å²) < 4.78 is 29.7. The third-order valence-electron chi connectivity index (χ3n) is 6.11. The SMILES string of the molecule is O=C(NCC1CCN(C2CC2)C1)N1CCN(C(=O)c2ccccc2OC(F)F)CC1. The first-order chi connectivity index (χ1) is 14.5. The molecule has 4 rings (SSSR count). The number of alkyl halides is 2. The molecule has 2 saturated heterocycles. The average Bonchev–Trinajstić information content (AvgIpc) is 3.49. The van der Waals surface area contributed by atoms with Gasteiger partial charge in [0.25, 0.3) is 5.91 Å². The predicted octanol–water partition coefficient (Wildman–Crippen LogP) is 2.24. The molecular weight excluding hydrogens is 394 g/mol. The van der Waals surface area contributed by atoms with Crippen LogP contribution in [0.25, 0.3) is 0 Å². The van der Waals surface area contributed by atoms with Crippen molar-refractivity contribution in [1.29, 1.82) is 0 Å². The van der Waals surface area contributed by atoms with Crippen LogP contribution in [0.1, 0.15) is 29.6 Å². The zero-order chi connectivity index (χ0) is 21.1. The number of likely N-dealkylation sites (tertiary alicyclic amines) is 1. The fourth-order valence-corrected chi connectivity index (χ4v) is 4.27. The molecule has 1 aromatic rings. The van der Waals surface area contributed by atoms with E-state index in [4.69, 9.17) is 0 Å². The molecule has 0 spiro atoms. The maximum atomic E-state index is 12.7. The van der Waals surface area contributed by atoms with E-state index < -0.39 is 6.61 Å². The van der Waals surface area contributed by atoms with E-state index in [1.54, 1.807) is 21.9 Å². The number of hydrogen-bond acceptors (Lipinski definition) is 4. The van der Waals surface area contributed by atoms with Crippen LogP contribution in [0, 0.1) is 5.92 Å². The number of nitrogens with one attached hydrogen (secondary N) is 1. The Kier molecular flexibility index (Phi) is 6.36. The number of urea groups is 1. The highest BCUT2D eigenvalue weighted by molar-refractivity contribution is 5.97. The molecule has 1 aromatic carbocycles. The van der Waals surface area contributed by atoms with Crippen LogP contribution in [-0.4, -0.2) is 85.1 Å². The fraction of sp³-hybridized carbons (Fsp3) is 0.619. The van der Waals surface area contributed by atoms with Crippen molar-refractivity contribution in [3.63, 3.8) is 0 Å². The number of halogens is 2. The first-order valence-electron chi connectivity index (χ1n) is 10.6. The summed E-state index contributed by atoms with van der Waals surface area (Å²) in [7, 11) is 0. The summed E-state index contributed by atoms with van der Waals surface area (Å²) in [5.41, 5.74) is 0.108. The number of rotatable bonds is 6. The number of piperazine rings is 1. The van der Waals surface area contributed by atoms with Gasteiger partial charge in [-0.3, -0.25) is 4.79 Å². The van der Waals surface area contributed by atoms with E-state index in [1.807, 2.05) is 0 Å². The summed E-state index contributed by atoms with van der Waals surface area (Å²) in [5.74, 6) is 0.00987. The lowest BCUT2D eigenvalue weighted by molar-refractivity contribution is -0.0503. The number of hydrogen-bond donors (Lipinski definition) is 1. The molecule has 0 bridgehead atoms. The van der Waals surface area contributed by atoms with Crippen LogP contribution in [0.2, 0.25) is 0 Å². The molecule has 1 unspecified atom stereocenters. The van der Waals surface area contributed by atoms with Crippen LogP contribution in [-0.2, 0) is 0 Å². The molecule has 1 N–H and O–H groups in total. The molecule has 3 amide bonds. The lowest BCUT2D eigenvalue weighted by Gasteiger charge is -2.35. The molecule has 30 heavy (non-hydrogen) atoms. The number of amides is 3. The summed E-state index contributed by atoms with van der Waals surface area (Å²) in [6.45, 7) is 1.41. The van der Waals surface area contributed by atoms with Crippen molar-refractivity contribution in [1.82, 2.24) is 20.0 Å². The molecule has 2 heterocycles. The normalized spacial score (nSPS) is 22.4. The second kappa shape index (κ2) is 9.16. The van der Waals surface area contributed by atoms with E-state index >= 15 is 0 Å². The van der Waals surface area contributed by atoms with Gasteiger partial charge in [-0.25, -0.2) is 4.79 Å². The number of nitrogens with zero attached hydrogens (tertiary/aromatic N) is 3. The molecule has 1 atom stereocenters. The van der Waals surface area contributed by atoms with Gasteiger partial charge in [-0.05, 0) is 43.9 Å². The summed E-state index contributed by atoms with van der Waals surface area (Å²) in [6.07, 6.45) is 3.74. The summed E-state index contributed by atoms with van der Waals surface area (Å²) >= 11 is 0. The van der Waals surface area contributed by atoms with E-state index in [0.717, 1.165) is 25.6 Å². The van der Waals surface area contributed by atoms with Crippen LogP contribution in [0.15, 0.2) is 24.3 Å². The minimum Gasteiger partial charge on any atom is -0.434 e. The molecule has 1 aliphatic carbocycles. The van der Waals surface area contributed by atoms with Gasteiger partial charge < -0.3 is 24.8 Å². The number of carbonyl (C=O) groups excluding carboxylic acids is 2. The van der Waals surface area contributed by atoms with E-state index in [1.165, 1.54) is 25.0 Å². The number of benzene rings is 1. The number of para-hydroxylation sites is 1. The number of carbonyl (C=O) groups is 2. The molecule has 2 aliphatic heterocycles. The summed E-state index contributed by atoms with van der Waals surface area (Å²) in [5, 5.41) is 3.03. The molecule has 3 fully saturated rings. The molecular formula is C21H28F2N4O3. The van der Waals surface area contributed by atoms with Crippen LogP contribution in [0.5, 0.6) is 5.75 Å². The molecule has 1 saturated carbocycles. The maximum absolute atomic E-state index is 12.7. The minimum absolute atomic E-state index is 0.103. The quantitative estimate of drug-likeness (QED) is 0.764. The van der Waals surface area contributed by atoms with Crippen molar-refractivity contribution in [2.75, 3.05) is 45.8 Å². The zero-order valence-electron chi connectivity index (χ0n) is 16.9.